The predicted octanol–water partition coefficient (Wildman–Crippen LogP) is 1.67. The maximum Gasteiger partial charge on any atom is 0.251 e. The third kappa shape index (κ3) is 4.35. The second kappa shape index (κ2) is 7.65. The van der Waals surface area contributed by atoms with Crippen molar-refractivity contribution in [1.82, 2.24) is 5.32 Å². The number of nitrogens with two attached hydrogens (primary N) is 1. The smallest absolute Gasteiger partial charge is 0.251 e. The van der Waals surface area contributed by atoms with Gasteiger partial charge >= 0.3 is 0 Å². The van der Waals surface area contributed by atoms with Crippen molar-refractivity contribution in [2.24, 2.45) is 11.7 Å². The highest BCUT2D eigenvalue weighted by Gasteiger charge is 2.12. The molecule has 0 bridgehead atoms. The van der Waals surface area contributed by atoms with Crippen molar-refractivity contribution in [1.29, 1.82) is 0 Å². The van der Waals surface area contributed by atoms with Gasteiger partial charge in [0.2, 0.25) is 5.91 Å². The number of carbonyl (C=O) groups excluding carboxylic acids is 2. The average molecular weight is 277 g/mol. The van der Waals surface area contributed by atoms with Crippen LogP contribution in [-0.4, -0.2) is 25.4 Å². The molecular formula is C15H23N3O2. The Bertz CT molecular complexity index is 486. The van der Waals surface area contributed by atoms with Gasteiger partial charge < -0.3 is 16.4 Å². The van der Waals surface area contributed by atoms with E-state index < -0.39 is 0 Å². The van der Waals surface area contributed by atoms with Crippen molar-refractivity contribution >= 4 is 17.5 Å². The maximum absolute atomic E-state index is 11.9. The summed E-state index contributed by atoms with van der Waals surface area (Å²) in [4.78, 5) is 23.6. The van der Waals surface area contributed by atoms with Crippen molar-refractivity contribution in [3.63, 3.8) is 0 Å². The van der Waals surface area contributed by atoms with E-state index in [0.29, 0.717) is 30.1 Å². The van der Waals surface area contributed by atoms with E-state index in [1.807, 2.05) is 13.8 Å². The molecule has 0 saturated heterocycles. The predicted molar refractivity (Wildman–Crippen MR) is 80.7 cm³/mol. The van der Waals surface area contributed by atoms with Gasteiger partial charge in [-0.3, -0.25) is 9.59 Å². The first-order chi connectivity index (χ1) is 9.49. The highest BCUT2D eigenvalue weighted by atomic mass is 16.2. The number of nitrogens with one attached hydrogen (secondary N) is 2. The number of hydrogen-bond donors (Lipinski definition) is 3. The van der Waals surface area contributed by atoms with Crippen molar-refractivity contribution in [3.05, 3.63) is 29.3 Å². The lowest BCUT2D eigenvalue weighted by atomic mass is 10.0. The summed E-state index contributed by atoms with van der Waals surface area (Å²) in [6.45, 7) is 4.42. The molecule has 2 amide bonds. The fourth-order valence-electron chi connectivity index (χ4n) is 1.86. The number of amides is 2. The van der Waals surface area contributed by atoms with Gasteiger partial charge in [-0.05, 0) is 43.5 Å². The van der Waals surface area contributed by atoms with Crippen LogP contribution in [0.3, 0.4) is 0 Å². The monoisotopic (exact) mass is 277 g/mol. The van der Waals surface area contributed by atoms with Crippen LogP contribution in [0.2, 0.25) is 0 Å². The van der Waals surface area contributed by atoms with Crippen molar-refractivity contribution < 1.29 is 9.59 Å². The molecule has 1 aromatic carbocycles. The summed E-state index contributed by atoms with van der Waals surface area (Å²) in [5.41, 5.74) is 7.55. The van der Waals surface area contributed by atoms with Crippen molar-refractivity contribution in [3.8, 4) is 0 Å². The van der Waals surface area contributed by atoms with Crippen LogP contribution in [0.5, 0.6) is 0 Å². The minimum atomic E-state index is -0.157. The highest BCUT2D eigenvalue weighted by Crippen LogP contribution is 2.19. The molecule has 0 aliphatic rings. The molecule has 5 heteroatoms. The zero-order valence-corrected chi connectivity index (χ0v) is 12.3. The van der Waals surface area contributed by atoms with Gasteiger partial charge in [0.25, 0.3) is 5.91 Å². The molecule has 1 unspecified atom stereocenters. The molecule has 1 rings (SSSR count). The van der Waals surface area contributed by atoms with E-state index in [1.54, 1.807) is 25.2 Å². The average Bonchev–Trinajstić information content (AvgIpc) is 2.46. The number of benzene rings is 1. The summed E-state index contributed by atoms with van der Waals surface area (Å²) >= 11 is 0. The second-order valence-electron chi connectivity index (χ2n) is 4.98. The quantitative estimate of drug-likeness (QED) is 0.739. The molecule has 0 fully saturated rings. The molecule has 4 N–H and O–H groups in total. The molecule has 1 atom stereocenters. The van der Waals surface area contributed by atoms with E-state index in [-0.39, 0.29) is 11.8 Å². The van der Waals surface area contributed by atoms with Crippen LogP contribution in [0.4, 0.5) is 5.69 Å². The molecule has 1 aromatic rings. The first-order valence-electron chi connectivity index (χ1n) is 6.81. The molecule has 0 saturated carbocycles. The zero-order chi connectivity index (χ0) is 15.1. The lowest BCUT2D eigenvalue weighted by Crippen LogP contribution is -2.20. The Balaban J connectivity index is 2.73. The zero-order valence-electron chi connectivity index (χ0n) is 12.3. The Morgan fingerprint density at radius 1 is 1.35 bits per heavy atom. The van der Waals surface area contributed by atoms with Gasteiger partial charge in [-0.2, -0.15) is 0 Å². The van der Waals surface area contributed by atoms with Crippen LogP contribution in [0.25, 0.3) is 0 Å². The van der Waals surface area contributed by atoms with Gasteiger partial charge in [-0.15, -0.1) is 0 Å². The lowest BCUT2D eigenvalue weighted by Gasteiger charge is -2.12. The minimum absolute atomic E-state index is 0.0533. The van der Waals surface area contributed by atoms with Crippen LogP contribution in [0.15, 0.2) is 18.2 Å². The Labute approximate surface area is 119 Å². The number of anilines is 1. The summed E-state index contributed by atoms with van der Waals surface area (Å²) in [7, 11) is 1.58. The molecule has 5 nitrogen and oxygen atoms in total. The van der Waals surface area contributed by atoms with Gasteiger partial charge in [-0.1, -0.05) is 13.0 Å². The van der Waals surface area contributed by atoms with E-state index in [0.717, 1.165) is 12.0 Å². The fourth-order valence-corrected chi connectivity index (χ4v) is 1.86. The summed E-state index contributed by atoms with van der Waals surface area (Å²) in [5.74, 6) is 0.122. The van der Waals surface area contributed by atoms with Crippen LogP contribution >= 0.6 is 0 Å². The Morgan fingerprint density at radius 3 is 2.65 bits per heavy atom. The third-order valence-corrected chi connectivity index (χ3v) is 3.35. The minimum Gasteiger partial charge on any atom is -0.355 e. The summed E-state index contributed by atoms with van der Waals surface area (Å²) in [5, 5.41) is 5.43. The maximum atomic E-state index is 11.9. The number of hydrogen-bond acceptors (Lipinski definition) is 3. The van der Waals surface area contributed by atoms with Crippen LogP contribution in [0, 0.1) is 12.8 Å². The number of carbonyl (C=O) groups is 2. The molecule has 20 heavy (non-hydrogen) atoms. The van der Waals surface area contributed by atoms with E-state index in [4.69, 9.17) is 5.73 Å². The van der Waals surface area contributed by atoms with Gasteiger partial charge in [0, 0.05) is 24.7 Å². The molecular weight excluding hydrogens is 254 g/mol. The van der Waals surface area contributed by atoms with Gasteiger partial charge in [-0.25, -0.2) is 0 Å². The normalized spacial score (nSPS) is 11.8. The van der Waals surface area contributed by atoms with Crippen LogP contribution in [-0.2, 0) is 4.79 Å². The van der Waals surface area contributed by atoms with E-state index in [9.17, 15) is 9.59 Å². The summed E-state index contributed by atoms with van der Waals surface area (Å²) in [6.07, 6.45) is 1.19. The molecule has 0 radical (unpaired) electrons. The molecule has 0 aliphatic carbocycles. The highest BCUT2D eigenvalue weighted by molar-refractivity contribution is 5.99. The standard InChI is InChI=1S/C15H23N3O2/c1-10(9-16)7-8-14(19)18-13-6-4-5-12(11(13)2)15(20)17-3/h4-6,10H,7-9,16H2,1-3H3,(H,17,20)(H,18,19). The number of rotatable bonds is 6. The molecule has 0 spiro atoms. The summed E-state index contributed by atoms with van der Waals surface area (Å²) in [6, 6.07) is 5.29. The van der Waals surface area contributed by atoms with Gasteiger partial charge in [0.15, 0.2) is 0 Å². The van der Waals surface area contributed by atoms with E-state index >= 15 is 0 Å². The molecule has 0 aliphatic heterocycles. The summed E-state index contributed by atoms with van der Waals surface area (Å²) < 4.78 is 0. The molecule has 110 valence electrons. The SMILES string of the molecule is CNC(=O)c1cccc(NC(=O)CCC(C)CN)c1C. The first-order valence-corrected chi connectivity index (χ1v) is 6.81. The van der Waals surface area contributed by atoms with Crippen molar-refractivity contribution in [2.75, 3.05) is 18.9 Å². The van der Waals surface area contributed by atoms with Crippen LogP contribution < -0.4 is 16.4 Å². The largest absolute Gasteiger partial charge is 0.355 e. The molecule has 0 heterocycles. The third-order valence-electron chi connectivity index (χ3n) is 3.35. The van der Waals surface area contributed by atoms with E-state index in [2.05, 4.69) is 10.6 Å². The lowest BCUT2D eigenvalue weighted by molar-refractivity contribution is -0.116. The Kier molecular flexibility index (Phi) is 6.18. The Hall–Kier alpha value is -1.88. The van der Waals surface area contributed by atoms with Crippen molar-refractivity contribution in [2.45, 2.75) is 26.7 Å². The topological polar surface area (TPSA) is 84.2 Å². The first kappa shape index (κ1) is 16.2. The van der Waals surface area contributed by atoms with Crippen LogP contribution in [0.1, 0.15) is 35.7 Å². The van der Waals surface area contributed by atoms with Gasteiger partial charge in [0.05, 0.1) is 0 Å². The van der Waals surface area contributed by atoms with E-state index in [1.165, 1.54) is 0 Å². The van der Waals surface area contributed by atoms with Gasteiger partial charge in [0.1, 0.15) is 0 Å². The second-order valence-corrected chi connectivity index (χ2v) is 4.98. The fraction of sp³-hybridized carbons (Fsp3) is 0.467. The Morgan fingerprint density at radius 2 is 2.05 bits per heavy atom. The molecule has 0 aromatic heterocycles.